The third-order valence-electron chi connectivity index (χ3n) is 2.34. The van der Waals surface area contributed by atoms with E-state index in [0.29, 0.717) is 5.92 Å². The van der Waals surface area contributed by atoms with E-state index in [2.05, 4.69) is 6.92 Å². The topological polar surface area (TPSA) is 37.3 Å². The molecule has 1 saturated carbocycles. The fraction of sp³-hybridized carbons (Fsp3) is 0.667. The molecule has 2 heteroatoms. The predicted octanol–water partition coefficient (Wildman–Crippen LogP) is 2.21. The quantitative estimate of drug-likeness (QED) is 0.619. The molecule has 1 unspecified atom stereocenters. The lowest BCUT2D eigenvalue weighted by atomic mass is 10.00. The summed E-state index contributed by atoms with van der Waals surface area (Å²) in [6.45, 7) is 2.12. The molecule has 0 spiro atoms. The van der Waals surface area contributed by atoms with Gasteiger partial charge in [-0.15, -0.1) is 0 Å². The second-order valence-electron chi connectivity index (χ2n) is 3.05. The van der Waals surface area contributed by atoms with Crippen LogP contribution in [-0.2, 0) is 4.79 Å². The van der Waals surface area contributed by atoms with Crippen molar-refractivity contribution < 1.29 is 9.90 Å². The molecule has 1 rings (SSSR count). The van der Waals surface area contributed by atoms with Gasteiger partial charge in [0.2, 0.25) is 0 Å². The van der Waals surface area contributed by atoms with Crippen LogP contribution >= 0.6 is 0 Å². The summed E-state index contributed by atoms with van der Waals surface area (Å²) >= 11 is 0. The predicted molar refractivity (Wildman–Crippen MR) is 43.4 cm³/mol. The highest BCUT2D eigenvalue weighted by atomic mass is 16.4. The number of hydrogen-bond acceptors (Lipinski definition) is 1. The Balaban J connectivity index is 2.63. The van der Waals surface area contributed by atoms with Crippen molar-refractivity contribution in [3.8, 4) is 0 Å². The third kappa shape index (κ3) is 2.07. The molecule has 0 aromatic heterocycles. The van der Waals surface area contributed by atoms with Gasteiger partial charge in [0.1, 0.15) is 0 Å². The van der Waals surface area contributed by atoms with E-state index in [1.807, 2.05) is 0 Å². The van der Waals surface area contributed by atoms with E-state index in [4.69, 9.17) is 5.11 Å². The zero-order valence-electron chi connectivity index (χ0n) is 6.84. The van der Waals surface area contributed by atoms with Crippen LogP contribution in [0.2, 0.25) is 0 Å². The van der Waals surface area contributed by atoms with Crippen molar-refractivity contribution in [3.63, 3.8) is 0 Å². The first kappa shape index (κ1) is 8.31. The summed E-state index contributed by atoms with van der Waals surface area (Å²) in [7, 11) is 0. The van der Waals surface area contributed by atoms with Gasteiger partial charge >= 0.3 is 5.97 Å². The Morgan fingerprint density at radius 3 is 3.09 bits per heavy atom. The summed E-state index contributed by atoms with van der Waals surface area (Å²) < 4.78 is 0. The maximum Gasteiger partial charge on any atom is 0.328 e. The Kier molecular flexibility index (Phi) is 2.69. The molecule has 2 nitrogen and oxygen atoms in total. The molecule has 0 heterocycles. The molecule has 0 radical (unpaired) electrons. The molecule has 0 amide bonds. The smallest absolute Gasteiger partial charge is 0.328 e. The van der Waals surface area contributed by atoms with E-state index in [1.165, 1.54) is 12.5 Å². The van der Waals surface area contributed by atoms with E-state index in [9.17, 15) is 4.79 Å². The minimum atomic E-state index is -0.791. The van der Waals surface area contributed by atoms with Crippen LogP contribution < -0.4 is 0 Å². The first-order valence-corrected chi connectivity index (χ1v) is 4.17. The first-order valence-electron chi connectivity index (χ1n) is 4.17. The van der Waals surface area contributed by atoms with Gasteiger partial charge in [-0.25, -0.2) is 4.79 Å². The van der Waals surface area contributed by atoms with E-state index in [0.717, 1.165) is 24.8 Å². The maximum atomic E-state index is 10.3. The van der Waals surface area contributed by atoms with Crippen LogP contribution in [0, 0.1) is 5.92 Å². The second kappa shape index (κ2) is 3.56. The number of carboxylic acid groups (broad SMARTS) is 1. The maximum absolute atomic E-state index is 10.3. The minimum Gasteiger partial charge on any atom is -0.478 e. The molecule has 1 fully saturated rings. The van der Waals surface area contributed by atoms with Crippen LogP contribution in [0.3, 0.4) is 0 Å². The molecule has 1 aliphatic carbocycles. The Bertz CT molecular complexity index is 182. The molecule has 62 valence electrons. The third-order valence-corrected chi connectivity index (χ3v) is 2.34. The molecule has 0 aliphatic heterocycles. The summed E-state index contributed by atoms with van der Waals surface area (Å²) in [6.07, 6.45) is 5.80. The lowest BCUT2D eigenvalue weighted by molar-refractivity contribution is -0.131. The van der Waals surface area contributed by atoms with Crippen LogP contribution in [0.4, 0.5) is 0 Å². The second-order valence-corrected chi connectivity index (χ2v) is 3.05. The van der Waals surface area contributed by atoms with Crippen molar-refractivity contribution in [1.82, 2.24) is 0 Å². The van der Waals surface area contributed by atoms with Gasteiger partial charge in [0, 0.05) is 6.08 Å². The number of hydrogen-bond donors (Lipinski definition) is 1. The van der Waals surface area contributed by atoms with Gasteiger partial charge in [-0.1, -0.05) is 12.5 Å². The van der Waals surface area contributed by atoms with Crippen LogP contribution in [0.25, 0.3) is 0 Å². The normalized spacial score (nSPS) is 27.7. The van der Waals surface area contributed by atoms with Crippen molar-refractivity contribution in [3.05, 3.63) is 11.6 Å². The highest BCUT2D eigenvalue weighted by molar-refractivity contribution is 5.80. The van der Waals surface area contributed by atoms with Crippen LogP contribution in [0.15, 0.2) is 11.6 Å². The van der Waals surface area contributed by atoms with Gasteiger partial charge in [0.15, 0.2) is 0 Å². The summed E-state index contributed by atoms with van der Waals surface area (Å²) in [6, 6.07) is 0. The van der Waals surface area contributed by atoms with Gasteiger partial charge in [0.05, 0.1) is 0 Å². The molecular formula is C9H14O2. The SMILES string of the molecule is CCC1CCC/C1=C\C(=O)O. The minimum absolute atomic E-state index is 0.547. The molecule has 1 atom stereocenters. The van der Waals surface area contributed by atoms with Crippen molar-refractivity contribution >= 4 is 5.97 Å². The van der Waals surface area contributed by atoms with Gasteiger partial charge in [-0.3, -0.25) is 0 Å². The summed E-state index contributed by atoms with van der Waals surface area (Å²) in [5.41, 5.74) is 1.14. The zero-order valence-corrected chi connectivity index (χ0v) is 6.84. The van der Waals surface area contributed by atoms with Crippen LogP contribution in [0.1, 0.15) is 32.6 Å². The van der Waals surface area contributed by atoms with Crippen LogP contribution in [0.5, 0.6) is 0 Å². The molecule has 1 N–H and O–H groups in total. The lowest BCUT2D eigenvalue weighted by Crippen LogP contribution is -1.97. The number of carboxylic acids is 1. The van der Waals surface area contributed by atoms with Crippen molar-refractivity contribution in [1.29, 1.82) is 0 Å². The summed E-state index contributed by atoms with van der Waals surface area (Å²) in [5.74, 6) is -0.244. The summed E-state index contributed by atoms with van der Waals surface area (Å²) in [4.78, 5) is 10.3. The van der Waals surface area contributed by atoms with Gasteiger partial charge in [-0.2, -0.15) is 0 Å². The van der Waals surface area contributed by atoms with Crippen molar-refractivity contribution in [2.24, 2.45) is 5.92 Å². The van der Waals surface area contributed by atoms with E-state index < -0.39 is 5.97 Å². The number of allylic oxidation sites excluding steroid dienone is 1. The van der Waals surface area contributed by atoms with E-state index in [-0.39, 0.29) is 0 Å². The number of aliphatic carboxylic acids is 1. The lowest BCUT2D eigenvalue weighted by Gasteiger charge is -2.06. The highest BCUT2D eigenvalue weighted by Gasteiger charge is 2.19. The molecule has 0 bridgehead atoms. The number of carbonyl (C=O) groups is 1. The average Bonchev–Trinajstić information content (AvgIpc) is 2.34. The molecule has 0 saturated heterocycles. The fourth-order valence-electron chi connectivity index (χ4n) is 1.76. The van der Waals surface area contributed by atoms with Crippen LogP contribution in [-0.4, -0.2) is 11.1 Å². The zero-order chi connectivity index (χ0) is 8.27. The standard InChI is InChI=1S/C9H14O2/c1-2-7-4-3-5-8(7)6-9(10)11/h6-7H,2-5H2,1H3,(H,10,11)/b8-6+. The van der Waals surface area contributed by atoms with E-state index in [1.54, 1.807) is 0 Å². The van der Waals surface area contributed by atoms with Crippen molar-refractivity contribution in [2.45, 2.75) is 32.6 Å². The van der Waals surface area contributed by atoms with Gasteiger partial charge < -0.3 is 5.11 Å². The molecular weight excluding hydrogens is 140 g/mol. The monoisotopic (exact) mass is 154 g/mol. The highest BCUT2D eigenvalue weighted by Crippen LogP contribution is 2.32. The largest absolute Gasteiger partial charge is 0.478 e. The Morgan fingerprint density at radius 2 is 2.55 bits per heavy atom. The number of rotatable bonds is 2. The molecule has 1 aliphatic rings. The Morgan fingerprint density at radius 1 is 1.82 bits per heavy atom. The fourth-order valence-corrected chi connectivity index (χ4v) is 1.76. The Labute approximate surface area is 66.9 Å². The average molecular weight is 154 g/mol. The van der Waals surface area contributed by atoms with Gasteiger partial charge in [0.25, 0.3) is 0 Å². The molecule has 0 aromatic rings. The van der Waals surface area contributed by atoms with E-state index >= 15 is 0 Å². The van der Waals surface area contributed by atoms with Crippen molar-refractivity contribution in [2.75, 3.05) is 0 Å². The molecule has 11 heavy (non-hydrogen) atoms. The molecule has 0 aromatic carbocycles. The summed E-state index contributed by atoms with van der Waals surface area (Å²) in [5, 5.41) is 8.51. The Hall–Kier alpha value is -0.790. The first-order chi connectivity index (χ1) is 5.24. The van der Waals surface area contributed by atoms with Gasteiger partial charge in [-0.05, 0) is 31.6 Å².